The van der Waals surface area contributed by atoms with Crippen LogP contribution in [0.5, 0.6) is 0 Å². The molecule has 0 aromatic heterocycles. The first-order valence-electron chi connectivity index (χ1n) is 8.74. The van der Waals surface area contributed by atoms with Gasteiger partial charge in [-0.3, -0.25) is 0 Å². The van der Waals surface area contributed by atoms with Crippen molar-refractivity contribution < 1.29 is 5.11 Å². The van der Waals surface area contributed by atoms with Crippen LogP contribution in [0, 0.1) is 11.8 Å². The molecule has 2 N–H and O–H groups in total. The van der Waals surface area contributed by atoms with Gasteiger partial charge in [0.1, 0.15) is 0 Å². The molecule has 0 aliphatic heterocycles. The van der Waals surface area contributed by atoms with Gasteiger partial charge in [-0.1, -0.05) is 26.2 Å². The van der Waals surface area contributed by atoms with E-state index in [0.717, 1.165) is 18.9 Å². The van der Waals surface area contributed by atoms with Gasteiger partial charge >= 0.3 is 0 Å². The van der Waals surface area contributed by atoms with Gasteiger partial charge in [0.25, 0.3) is 0 Å². The summed E-state index contributed by atoms with van der Waals surface area (Å²) < 4.78 is 0. The highest BCUT2D eigenvalue weighted by atomic mass is 32.2. The Balaban J connectivity index is 1.69. The van der Waals surface area contributed by atoms with Crippen molar-refractivity contribution in [1.29, 1.82) is 0 Å². The third-order valence-electron chi connectivity index (χ3n) is 5.41. The molecule has 2 atom stereocenters. The molecule has 0 bridgehead atoms. The number of thioether (sulfide) groups is 1. The van der Waals surface area contributed by atoms with Gasteiger partial charge in [0.2, 0.25) is 0 Å². The lowest BCUT2D eigenvalue weighted by Crippen LogP contribution is -2.51. The van der Waals surface area contributed by atoms with Crippen LogP contribution >= 0.6 is 11.8 Å². The molecule has 0 aromatic rings. The fourth-order valence-electron chi connectivity index (χ4n) is 4.09. The zero-order chi connectivity index (χ0) is 14.3. The van der Waals surface area contributed by atoms with Crippen LogP contribution in [-0.2, 0) is 0 Å². The van der Waals surface area contributed by atoms with Crippen molar-refractivity contribution in [2.75, 3.05) is 24.7 Å². The molecule has 2 unspecified atom stereocenters. The fraction of sp³-hybridized carbons (Fsp3) is 1.00. The zero-order valence-electron chi connectivity index (χ0n) is 13.2. The standard InChI is InChI=1S/C17H33NOS/c1-2-11-18-17(14-19)10-5-8-16(17)9-12-20-13-15-6-3-4-7-15/h15-16,18-19H,2-14H2,1H3. The van der Waals surface area contributed by atoms with Crippen molar-refractivity contribution in [2.24, 2.45) is 11.8 Å². The maximum absolute atomic E-state index is 9.87. The van der Waals surface area contributed by atoms with Gasteiger partial charge in [-0.15, -0.1) is 0 Å². The van der Waals surface area contributed by atoms with Crippen LogP contribution < -0.4 is 5.32 Å². The summed E-state index contributed by atoms with van der Waals surface area (Å²) in [6, 6.07) is 0. The van der Waals surface area contributed by atoms with Crippen LogP contribution in [0.2, 0.25) is 0 Å². The summed E-state index contributed by atoms with van der Waals surface area (Å²) in [5, 5.41) is 13.5. The summed E-state index contributed by atoms with van der Waals surface area (Å²) in [6.45, 7) is 3.58. The summed E-state index contributed by atoms with van der Waals surface area (Å²) in [4.78, 5) is 0. The monoisotopic (exact) mass is 299 g/mol. The van der Waals surface area contributed by atoms with Gasteiger partial charge in [-0.2, -0.15) is 11.8 Å². The Kier molecular flexibility index (Phi) is 7.20. The smallest absolute Gasteiger partial charge is 0.0616 e. The van der Waals surface area contributed by atoms with E-state index in [0.29, 0.717) is 12.5 Å². The largest absolute Gasteiger partial charge is 0.394 e. The van der Waals surface area contributed by atoms with E-state index in [1.54, 1.807) is 0 Å². The number of hydrogen-bond acceptors (Lipinski definition) is 3. The molecule has 0 radical (unpaired) electrons. The van der Waals surface area contributed by atoms with E-state index in [4.69, 9.17) is 0 Å². The Labute approximate surface area is 129 Å². The Morgan fingerprint density at radius 3 is 2.70 bits per heavy atom. The molecular weight excluding hydrogens is 266 g/mol. The summed E-state index contributed by atoms with van der Waals surface area (Å²) >= 11 is 2.16. The number of aliphatic hydroxyl groups excluding tert-OH is 1. The number of aliphatic hydroxyl groups is 1. The van der Waals surface area contributed by atoms with E-state index >= 15 is 0 Å². The maximum atomic E-state index is 9.87. The number of hydrogen-bond donors (Lipinski definition) is 2. The molecular formula is C17H33NOS. The third kappa shape index (κ3) is 4.38. The molecule has 0 spiro atoms. The molecule has 3 heteroatoms. The first-order chi connectivity index (χ1) is 9.80. The van der Waals surface area contributed by atoms with E-state index in [-0.39, 0.29) is 5.54 Å². The SMILES string of the molecule is CCCNC1(CO)CCCC1CCSCC1CCCC1. The van der Waals surface area contributed by atoms with E-state index in [9.17, 15) is 5.11 Å². The van der Waals surface area contributed by atoms with Gasteiger partial charge < -0.3 is 10.4 Å². The third-order valence-corrected chi connectivity index (χ3v) is 6.64. The lowest BCUT2D eigenvalue weighted by molar-refractivity contribution is 0.122. The van der Waals surface area contributed by atoms with Crippen LogP contribution in [0.1, 0.15) is 64.7 Å². The van der Waals surface area contributed by atoms with E-state index in [1.165, 1.54) is 62.9 Å². The second-order valence-corrected chi connectivity index (χ2v) is 7.99. The fourth-order valence-corrected chi connectivity index (χ4v) is 5.37. The van der Waals surface area contributed by atoms with Crippen molar-refractivity contribution in [3.05, 3.63) is 0 Å². The quantitative estimate of drug-likeness (QED) is 0.635. The lowest BCUT2D eigenvalue weighted by Gasteiger charge is -2.35. The van der Waals surface area contributed by atoms with E-state index in [1.807, 2.05) is 0 Å². The maximum Gasteiger partial charge on any atom is 0.0616 e. The molecule has 0 amide bonds. The molecule has 2 nitrogen and oxygen atoms in total. The van der Waals surface area contributed by atoms with Crippen molar-refractivity contribution in [3.8, 4) is 0 Å². The molecule has 2 aliphatic rings. The predicted octanol–water partition coefficient (Wildman–Crippen LogP) is 3.83. The van der Waals surface area contributed by atoms with E-state index in [2.05, 4.69) is 24.0 Å². The highest BCUT2D eigenvalue weighted by Gasteiger charge is 2.41. The highest BCUT2D eigenvalue weighted by Crippen LogP contribution is 2.38. The molecule has 0 saturated heterocycles. The van der Waals surface area contributed by atoms with Gasteiger partial charge in [0.05, 0.1) is 6.61 Å². The van der Waals surface area contributed by atoms with Gasteiger partial charge in [-0.25, -0.2) is 0 Å². The Bertz CT molecular complexity index is 268. The zero-order valence-corrected chi connectivity index (χ0v) is 14.0. The Hall–Kier alpha value is 0.270. The average Bonchev–Trinajstić information content (AvgIpc) is 3.11. The molecule has 20 heavy (non-hydrogen) atoms. The minimum absolute atomic E-state index is 0.0456. The van der Waals surface area contributed by atoms with Crippen molar-refractivity contribution in [2.45, 2.75) is 70.3 Å². The second-order valence-electron chi connectivity index (χ2n) is 6.84. The minimum atomic E-state index is 0.0456. The molecule has 118 valence electrons. The molecule has 0 aromatic carbocycles. The summed E-state index contributed by atoms with van der Waals surface area (Å²) in [5.74, 6) is 4.36. The van der Waals surface area contributed by atoms with Crippen molar-refractivity contribution in [3.63, 3.8) is 0 Å². The van der Waals surface area contributed by atoms with Crippen molar-refractivity contribution >= 4 is 11.8 Å². The lowest BCUT2D eigenvalue weighted by atomic mass is 9.85. The molecule has 2 rings (SSSR count). The molecule has 2 fully saturated rings. The summed E-state index contributed by atoms with van der Waals surface area (Å²) in [5.41, 5.74) is 0.0456. The molecule has 2 saturated carbocycles. The number of rotatable bonds is 9. The minimum Gasteiger partial charge on any atom is -0.394 e. The van der Waals surface area contributed by atoms with Gasteiger partial charge in [-0.05, 0) is 68.4 Å². The van der Waals surface area contributed by atoms with Crippen molar-refractivity contribution in [1.82, 2.24) is 5.32 Å². The van der Waals surface area contributed by atoms with Gasteiger partial charge in [0.15, 0.2) is 0 Å². The normalized spacial score (nSPS) is 31.2. The summed E-state index contributed by atoms with van der Waals surface area (Å²) in [7, 11) is 0. The first kappa shape index (κ1) is 16.6. The highest BCUT2D eigenvalue weighted by molar-refractivity contribution is 7.99. The first-order valence-corrected chi connectivity index (χ1v) is 9.90. The second kappa shape index (κ2) is 8.65. The van der Waals surface area contributed by atoms with Crippen LogP contribution in [0.25, 0.3) is 0 Å². The Morgan fingerprint density at radius 2 is 2.00 bits per heavy atom. The van der Waals surface area contributed by atoms with Gasteiger partial charge in [0, 0.05) is 5.54 Å². The molecule has 2 aliphatic carbocycles. The van der Waals surface area contributed by atoms with Crippen LogP contribution in [0.4, 0.5) is 0 Å². The Morgan fingerprint density at radius 1 is 1.20 bits per heavy atom. The average molecular weight is 300 g/mol. The van der Waals surface area contributed by atoms with E-state index < -0.39 is 0 Å². The van der Waals surface area contributed by atoms with Crippen LogP contribution in [0.3, 0.4) is 0 Å². The number of nitrogens with one attached hydrogen (secondary N) is 1. The van der Waals surface area contributed by atoms with Crippen LogP contribution in [-0.4, -0.2) is 35.3 Å². The summed E-state index contributed by atoms with van der Waals surface area (Å²) in [6.07, 6.45) is 12.1. The topological polar surface area (TPSA) is 32.3 Å². The molecule has 0 heterocycles. The predicted molar refractivity (Wildman–Crippen MR) is 89.4 cm³/mol. The van der Waals surface area contributed by atoms with Crippen LogP contribution in [0.15, 0.2) is 0 Å².